The van der Waals surface area contributed by atoms with Gasteiger partial charge in [-0.2, -0.15) is 0 Å². The lowest BCUT2D eigenvalue weighted by molar-refractivity contribution is 0.145. The van der Waals surface area contributed by atoms with Crippen LogP contribution < -0.4 is 5.32 Å². The fourth-order valence-electron chi connectivity index (χ4n) is 3.88. The molecule has 0 atom stereocenters. The fourth-order valence-corrected chi connectivity index (χ4v) is 3.88. The Kier molecular flexibility index (Phi) is 7.13. The molecule has 2 nitrogen and oxygen atoms in total. The molecule has 1 aromatic carbocycles. The van der Waals surface area contributed by atoms with Crippen molar-refractivity contribution in [2.24, 2.45) is 5.92 Å². The Labute approximate surface area is 139 Å². The molecule has 1 aromatic rings. The van der Waals surface area contributed by atoms with Gasteiger partial charge in [-0.3, -0.25) is 4.90 Å². The zero-order chi connectivity index (χ0) is 14.5. The number of hydrogen-bond donors (Lipinski definition) is 1. The van der Waals surface area contributed by atoms with E-state index in [2.05, 4.69) is 16.3 Å². The fraction of sp³-hybridized carbons (Fsp3) is 0.667. The number of rotatable bonds is 5. The van der Waals surface area contributed by atoms with Crippen molar-refractivity contribution in [2.45, 2.75) is 51.1 Å². The topological polar surface area (TPSA) is 15.3 Å². The second kappa shape index (κ2) is 8.85. The Morgan fingerprint density at radius 1 is 1.09 bits per heavy atom. The van der Waals surface area contributed by atoms with Crippen LogP contribution in [0.5, 0.6) is 0 Å². The van der Waals surface area contributed by atoms with E-state index in [9.17, 15) is 4.39 Å². The maximum Gasteiger partial charge on any atom is 0.123 e. The summed E-state index contributed by atoms with van der Waals surface area (Å²) in [5.74, 6) is 0.696. The van der Waals surface area contributed by atoms with Crippen LogP contribution in [0.15, 0.2) is 24.3 Å². The van der Waals surface area contributed by atoms with Crippen molar-refractivity contribution in [2.75, 3.05) is 19.6 Å². The van der Waals surface area contributed by atoms with E-state index in [1.807, 2.05) is 6.07 Å². The van der Waals surface area contributed by atoms with Gasteiger partial charge in [-0.1, -0.05) is 25.0 Å². The van der Waals surface area contributed by atoms with Crippen molar-refractivity contribution in [3.05, 3.63) is 35.6 Å². The van der Waals surface area contributed by atoms with Gasteiger partial charge in [0.2, 0.25) is 0 Å². The number of halogens is 2. The van der Waals surface area contributed by atoms with Crippen molar-refractivity contribution in [3.63, 3.8) is 0 Å². The van der Waals surface area contributed by atoms with Gasteiger partial charge >= 0.3 is 0 Å². The molecule has 3 rings (SSSR count). The minimum Gasteiger partial charge on any atom is -0.317 e. The van der Waals surface area contributed by atoms with Crippen LogP contribution in [0.1, 0.15) is 44.1 Å². The van der Waals surface area contributed by atoms with Crippen LogP contribution in [0, 0.1) is 11.7 Å². The summed E-state index contributed by atoms with van der Waals surface area (Å²) < 4.78 is 13.4. The summed E-state index contributed by atoms with van der Waals surface area (Å²) in [6.07, 6.45) is 7.92. The summed E-state index contributed by atoms with van der Waals surface area (Å²) in [5, 5.41) is 3.45. The Hall–Kier alpha value is -0.640. The van der Waals surface area contributed by atoms with Gasteiger partial charge in [0.05, 0.1) is 0 Å². The third-order valence-corrected chi connectivity index (χ3v) is 5.07. The monoisotopic (exact) mass is 326 g/mol. The first-order chi connectivity index (χ1) is 10.3. The Morgan fingerprint density at radius 3 is 2.50 bits per heavy atom. The highest BCUT2D eigenvalue weighted by molar-refractivity contribution is 5.85. The maximum atomic E-state index is 13.4. The molecule has 1 aliphatic heterocycles. The van der Waals surface area contributed by atoms with E-state index in [1.54, 1.807) is 6.07 Å². The smallest absolute Gasteiger partial charge is 0.123 e. The number of nitrogens with one attached hydrogen (secondary N) is 1. The Morgan fingerprint density at radius 2 is 1.82 bits per heavy atom. The van der Waals surface area contributed by atoms with Gasteiger partial charge in [-0.05, 0) is 62.4 Å². The average molecular weight is 327 g/mol. The summed E-state index contributed by atoms with van der Waals surface area (Å²) >= 11 is 0. The molecular weight excluding hydrogens is 299 g/mol. The highest BCUT2D eigenvalue weighted by Gasteiger charge is 2.25. The van der Waals surface area contributed by atoms with Crippen LogP contribution in [-0.2, 0) is 6.54 Å². The largest absolute Gasteiger partial charge is 0.317 e. The van der Waals surface area contributed by atoms with E-state index in [0.29, 0.717) is 6.04 Å². The molecule has 1 aliphatic carbocycles. The molecule has 0 spiro atoms. The van der Waals surface area contributed by atoms with Gasteiger partial charge in [-0.25, -0.2) is 4.39 Å². The molecule has 22 heavy (non-hydrogen) atoms. The van der Waals surface area contributed by atoms with Gasteiger partial charge in [0.25, 0.3) is 0 Å². The van der Waals surface area contributed by atoms with Gasteiger partial charge in [0, 0.05) is 19.1 Å². The minimum absolute atomic E-state index is 0. The molecule has 0 radical (unpaired) electrons. The average Bonchev–Trinajstić information content (AvgIpc) is 3.02. The van der Waals surface area contributed by atoms with Crippen molar-refractivity contribution < 1.29 is 4.39 Å². The molecule has 1 heterocycles. The zero-order valence-electron chi connectivity index (χ0n) is 13.3. The molecule has 1 saturated carbocycles. The first-order valence-corrected chi connectivity index (χ1v) is 8.50. The number of nitrogens with zero attached hydrogens (tertiary/aromatic N) is 1. The molecule has 2 fully saturated rings. The van der Waals surface area contributed by atoms with Gasteiger partial charge in [-0.15, -0.1) is 12.4 Å². The molecule has 124 valence electrons. The predicted octanol–water partition coefficient (Wildman–Crippen LogP) is 3.99. The summed E-state index contributed by atoms with van der Waals surface area (Å²) in [6, 6.07) is 7.85. The third kappa shape index (κ3) is 4.94. The minimum atomic E-state index is -0.110. The standard InChI is InChI=1S/C18H27FN2.ClH/c19-17-5-3-4-16(12-17)14-21(18-6-1-2-7-18)13-15-8-10-20-11-9-15;/h3-5,12,15,18,20H,1-2,6-11,13-14H2;1H. The maximum absolute atomic E-state index is 13.4. The Balaban J connectivity index is 0.00000176. The van der Waals surface area contributed by atoms with Crippen LogP contribution in [0.25, 0.3) is 0 Å². The molecule has 0 aromatic heterocycles. The van der Waals surface area contributed by atoms with Crippen LogP contribution in [0.2, 0.25) is 0 Å². The van der Waals surface area contributed by atoms with Gasteiger partial charge in [0.1, 0.15) is 5.82 Å². The zero-order valence-corrected chi connectivity index (χ0v) is 14.1. The summed E-state index contributed by atoms with van der Waals surface area (Å²) in [4.78, 5) is 2.64. The number of benzene rings is 1. The molecule has 2 aliphatic rings. The lowest BCUT2D eigenvalue weighted by Gasteiger charge is -2.34. The predicted molar refractivity (Wildman–Crippen MR) is 91.9 cm³/mol. The van der Waals surface area contributed by atoms with E-state index in [-0.39, 0.29) is 18.2 Å². The van der Waals surface area contributed by atoms with E-state index >= 15 is 0 Å². The van der Waals surface area contributed by atoms with Crippen molar-refractivity contribution in [1.82, 2.24) is 10.2 Å². The number of hydrogen-bond acceptors (Lipinski definition) is 2. The molecule has 0 bridgehead atoms. The molecule has 0 unspecified atom stereocenters. The molecule has 0 amide bonds. The summed E-state index contributed by atoms with van der Waals surface area (Å²) in [5.41, 5.74) is 1.12. The van der Waals surface area contributed by atoms with E-state index in [4.69, 9.17) is 0 Å². The van der Waals surface area contributed by atoms with Gasteiger partial charge < -0.3 is 5.32 Å². The van der Waals surface area contributed by atoms with E-state index in [1.165, 1.54) is 51.1 Å². The van der Waals surface area contributed by atoms with E-state index in [0.717, 1.165) is 31.1 Å². The Bertz CT molecular complexity index is 442. The molecule has 1 saturated heterocycles. The second-order valence-electron chi connectivity index (χ2n) is 6.69. The highest BCUT2D eigenvalue weighted by atomic mass is 35.5. The molecular formula is C18H28ClFN2. The van der Waals surface area contributed by atoms with E-state index < -0.39 is 0 Å². The summed E-state index contributed by atoms with van der Waals surface area (Å²) in [6.45, 7) is 4.40. The first-order valence-electron chi connectivity index (χ1n) is 8.50. The molecule has 4 heteroatoms. The highest BCUT2D eigenvalue weighted by Crippen LogP contribution is 2.27. The lowest BCUT2D eigenvalue weighted by atomic mass is 9.96. The second-order valence-corrected chi connectivity index (χ2v) is 6.69. The first kappa shape index (κ1) is 17.7. The van der Waals surface area contributed by atoms with Crippen LogP contribution >= 0.6 is 12.4 Å². The SMILES string of the molecule is Cl.Fc1cccc(CN(CC2CCNCC2)C2CCCC2)c1. The lowest BCUT2D eigenvalue weighted by Crippen LogP contribution is -2.40. The van der Waals surface area contributed by atoms with Crippen molar-refractivity contribution in [1.29, 1.82) is 0 Å². The summed E-state index contributed by atoms with van der Waals surface area (Å²) in [7, 11) is 0. The van der Waals surface area contributed by atoms with Gasteiger partial charge in [0.15, 0.2) is 0 Å². The van der Waals surface area contributed by atoms with Crippen LogP contribution in [0.4, 0.5) is 4.39 Å². The number of piperidine rings is 1. The van der Waals surface area contributed by atoms with Crippen molar-refractivity contribution >= 4 is 12.4 Å². The quantitative estimate of drug-likeness (QED) is 0.880. The molecule has 1 N–H and O–H groups in total. The van der Waals surface area contributed by atoms with Crippen LogP contribution in [0.3, 0.4) is 0 Å². The van der Waals surface area contributed by atoms with Crippen molar-refractivity contribution in [3.8, 4) is 0 Å². The third-order valence-electron chi connectivity index (χ3n) is 5.07. The normalized spacial score (nSPS) is 20.3. The van der Waals surface area contributed by atoms with Crippen LogP contribution in [-0.4, -0.2) is 30.6 Å².